The lowest BCUT2D eigenvalue weighted by Crippen LogP contribution is -2.27. The van der Waals surface area contributed by atoms with E-state index in [1.807, 2.05) is 19.1 Å². The zero-order valence-corrected chi connectivity index (χ0v) is 20.6. The number of fused-ring (bicyclic) bond motifs is 4. The lowest BCUT2D eigenvalue weighted by atomic mass is 9.97. The molecule has 6 rings (SSSR count). The van der Waals surface area contributed by atoms with E-state index in [1.54, 1.807) is 0 Å². The van der Waals surface area contributed by atoms with E-state index in [1.165, 1.54) is 16.5 Å². The van der Waals surface area contributed by atoms with E-state index in [4.69, 9.17) is 9.84 Å². The second-order valence-electron chi connectivity index (χ2n) is 8.78. The van der Waals surface area contributed by atoms with Crippen molar-refractivity contribution in [3.8, 4) is 17.0 Å². The normalized spacial score (nSPS) is 14.4. The maximum absolute atomic E-state index is 6.48. The van der Waals surface area contributed by atoms with Gasteiger partial charge in [0.15, 0.2) is 6.17 Å². The molecule has 0 spiro atoms. The van der Waals surface area contributed by atoms with Crippen LogP contribution in [-0.2, 0) is 6.61 Å². The number of hydrogen-bond acceptors (Lipinski definition) is 3. The molecular weight excluding hydrogens is 486 g/mol. The van der Waals surface area contributed by atoms with Crippen LogP contribution in [0.15, 0.2) is 89.4 Å². The van der Waals surface area contributed by atoms with Gasteiger partial charge in [0, 0.05) is 21.3 Å². The van der Waals surface area contributed by atoms with Crippen LogP contribution < -0.4 is 10.1 Å². The maximum atomic E-state index is 6.48. The average Bonchev–Trinajstić information content (AvgIpc) is 3.24. The summed E-state index contributed by atoms with van der Waals surface area (Å²) in [6.07, 6.45) is -0.194. The highest BCUT2D eigenvalue weighted by Crippen LogP contribution is 2.44. The fourth-order valence-electron chi connectivity index (χ4n) is 4.85. The Balaban J connectivity index is 1.52. The Kier molecular flexibility index (Phi) is 5.15. The minimum Gasteiger partial charge on any atom is -0.488 e. The summed E-state index contributed by atoms with van der Waals surface area (Å²) in [5, 5.41) is 11.0. The number of halogens is 1. The van der Waals surface area contributed by atoms with Crippen molar-refractivity contribution >= 4 is 32.4 Å². The molecule has 34 heavy (non-hydrogen) atoms. The number of benzene rings is 4. The van der Waals surface area contributed by atoms with Gasteiger partial charge in [-0.3, -0.25) is 0 Å². The minimum absolute atomic E-state index is 0.194. The van der Waals surface area contributed by atoms with Crippen LogP contribution in [0.25, 0.3) is 22.0 Å². The number of aryl methyl sites for hydroxylation is 2. The van der Waals surface area contributed by atoms with Crippen molar-refractivity contribution in [2.75, 3.05) is 5.32 Å². The van der Waals surface area contributed by atoms with Gasteiger partial charge in [0.25, 0.3) is 0 Å². The fourth-order valence-corrected chi connectivity index (χ4v) is 5.30. The van der Waals surface area contributed by atoms with Gasteiger partial charge in [-0.1, -0.05) is 76.6 Å². The van der Waals surface area contributed by atoms with Crippen molar-refractivity contribution in [1.29, 1.82) is 0 Å². The summed E-state index contributed by atoms with van der Waals surface area (Å²) in [6, 6.07) is 29.5. The number of nitrogens with one attached hydrogen (secondary N) is 1. The SMILES string of the molecule is Cc1cc2n(n1)[C@@H](c1c(OCc3cccc(Br)c3)ccc3ccccc13)Nc1c(C)cccc1-2. The van der Waals surface area contributed by atoms with Gasteiger partial charge in [0.1, 0.15) is 12.4 Å². The van der Waals surface area contributed by atoms with Crippen LogP contribution in [0.5, 0.6) is 5.75 Å². The van der Waals surface area contributed by atoms with Crippen molar-refractivity contribution in [2.24, 2.45) is 0 Å². The Bertz CT molecular complexity index is 1540. The number of para-hydroxylation sites is 1. The molecule has 5 aromatic rings. The van der Waals surface area contributed by atoms with Gasteiger partial charge in [0.05, 0.1) is 11.4 Å². The molecular formula is C29H24BrN3O. The highest BCUT2D eigenvalue weighted by Gasteiger charge is 2.30. The number of ether oxygens (including phenoxy) is 1. The first kappa shape index (κ1) is 21.0. The molecule has 0 radical (unpaired) electrons. The molecule has 2 heterocycles. The molecule has 0 aliphatic carbocycles. The Hall–Kier alpha value is -3.57. The van der Waals surface area contributed by atoms with E-state index in [9.17, 15) is 0 Å². The highest BCUT2D eigenvalue weighted by molar-refractivity contribution is 9.10. The van der Waals surface area contributed by atoms with Gasteiger partial charge in [-0.15, -0.1) is 0 Å². The molecule has 0 saturated carbocycles. The standard InChI is InChI=1S/C29H24BrN3O/c1-18-7-5-12-24-25-15-19(2)32-33(25)29(31-28(18)24)27-23-11-4-3-9-21(23)13-14-26(27)34-17-20-8-6-10-22(30)16-20/h3-16,29,31H,17H2,1-2H3/t29-/m0/s1. The average molecular weight is 510 g/mol. The van der Waals surface area contributed by atoms with Crippen LogP contribution in [0.2, 0.25) is 0 Å². The van der Waals surface area contributed by atoms with Gasteiger partial charge < -0.3 is 10.1 Å². The maximum Gasteiger partial charge on any atom is 0.151 e. The molecule has 0 saturated heterocycles. The van der Waals surface area contributed by atoms with Gasteiger partial charge in [-0.2, -0.15) is 5.10 Å². The Morgan fingerprint density at radius 1 is 0.941 bits per heavy atom. The molecule has 1 aromatic heterocycles. The van der Waals surface area contributed by atoms with Gasteiger partial charge in [-0.25, -0.2) is 4.68 Å². The summed E-state index contributed by atoms with van der Waals surface area (Å²) in [7, 11) is 0. The summed E-state index contributed by atoms with van der Waals surface area (Å²) in [5.41, 5.74) is 7.84. The minimum atomic E-state index is -0.194. The molecule has 0 amide bonds. The summed E-state index contributed by atoms with van der Waals surface area (Å²) >= 11 is 3.56. The molecule has 0 unspecified atom stereocenters. The quantitative estimate of drug-likeness (QED) is 0.270. The van der Waals surface area contributed by atoms with Crippen LogP contribution in [0.4, 0.5) is 5.69 Å². The first-order chi connectivity index (χ1) is 16.6. The monoisotopic (exact) mass is 509 g/mol. The third kappa shape index (κ3) is 3.57. The first-order valence-electron chi connectivity index (χ1n) is 11.4. The van der Waals surface area contributed by atoms with Crippen molar-refractivity contribution in [1.82, 2.24) is 9.78 Å². The van der Waals surface area contributed by atoms with Crippen LogP contribution in [0.3, 0.4) is 0 Å². The topological polar surface area (TPSA) is 39.1 Å². The fraction of sp³-hybridized carbons (Fsp3) is 0.138. The van der Waals surface area contributed by atoms with Gasteiger partial charge in [0.2, 0.25) is 0 Å². The summed E-state index contributed by atoms with van der Waals surface area (Å²) < 4.78 is 9.63. The van der Waals surface area contributed by atoms with Crippen molar-refractivity contribution < 1.29 is 4.74 Å². The van der Waals surface area contributed by atoms with E-state index >= 15 is 0 Å². The van der Waals surface area contributed by atoms with Crippen molar-refractivity contribution in [3.05, 3.63) is 112 Å². The second-order valence-corrected chi connectivity index (χ2v) is 9.69. The van der Waals surface area contributed by atoms with E-state index in [-0.39, 0.29) is 6.17 Å². The van der Waals surface area contributed by atoms with E-state index in [0.29, 0.717) is 6.61 Å². The van der Waals surface area contributed by atoms with Crippen molar-refractivity contribution in [2.45, 2.75) is 26.6 Å². The molecule has 0 bridgehead atoms. The highest BCUT2D eigenvalue weighted by atomic mass is 79.9. The zero-order valence-electron chi connectivity index (χ0n) is 19.0. The smallest absolute Gasteiger partial charge is 0.151 e. The number of anilines is 1. The van der Waals surface area contributed by atoms with E-state index < -0.39 is 0 Å². The molecule has 4 aromatic carbocycles. The van der Waals surface area contributed by atoms with Gasteiger partial charge >= 0.3 is 0 Å². The zero-order chi connectivity index (χ0) is 23.2. The summed E-state index contributed by atoms with van der Waals surface area (Å²) in [4.78, 5) is 0. The molecule has 0 fully saturated rings. The Morgan fingerprint density at radius 3 is 2.68 bits per heavy atom. The second kappa shape index (κ2) is 8.33. The lowest BCUT2D eigenvalue weighted by molar-refractivity contribution is 0.300. The molecule has 4 nitrogen and oxygen atoms in total. The van der Waals surface area contributed by atoms with E-state index in [2.05, 4.69) is 106 Å². The predicted molar refractivity (Wildman–Crippen MR) is 141 cm³/mol. The van der Waals surface area contributed by atoms with E-state index in [0.717, 1.165) is 43.8 Å². The van der Waals surface area contributed by atoms with Gasteiger partial charge in [-0.05, 0) is 60.0 Å². The number of hydrogen-bond donors (Lipinski definition) is 1. The van der Waals surface area contributed by atoms with Crippen LogP contribution >= 0.6 is 15.9 Å². The first-order valence-corrected chi connectivity index (χ1v) is 12.2. The molecule has 1 aliphatic heterocycles. The lowest BCUT2D eigenvalue weighted by Gasteiger charge is -2.32. The molecule has 1 N–H and O–H groups in total. The Labute approximate surface area is 207 Å². The Morgan fingerprint density at radius 2 is 1.79 bits per heavy atom. The number of rotatable bonds is 4. The van der Waals surface area contributed by atoms with Crippen molar-refractivity contribution in [3.63, 3.8) is 0 Å². The third-order valence-electron chi connectivity index (χ3n) is 6.42. The summed E-state index contributed by atoms with van der Waals surface area (Å²) in [6.45, 7) is 4.68. The third-order valence-corrected chi connectivity index (χ3v) is 6.91. The van der Waals surface area contributed by atoms with Crippen LogP contribution in [0.1, 0.15) is 28.6 Å². The summed E-state index contributed by atoms with van der Waals surface area (Å²) in [5.74, 6) is 0.854. The number of aromatic nitrogens is 2. The molecule has 1 aliphatic rings. The van der Waals surface area contributed by atoms with Crippen LogP contribution in [-0.4, -0.2) is 9.78 Å². The predicted octanol–water partition coefficient (Wildman–Crippen LogP) is 7.63. The molecule has 1 atom stereocenters. The molecule has 168 valence electrons. The number of nitrogens with zero attached hydrogens (tertiary/aromatic N) is 2. The molecule has 5 heteroatoms. The van der Waals surface area contributed by atoms with Crippen LogP contribution in [0, 0.1) is 13.8 Å². The largest absolute Gasteiger partial charge is 0.488 e.